The molecule has 1 aliphatic rings. The average Bonchev–Trinajstić information content (AvgIpc) is 2.56. The van der Waals surface area contributed by atoms with Gasteiger partial charge >= 0.3 is 0 Å². The molecule has 3 nitrogen and oxygen atoms in total. The molecule has 12 heavy (non-hydrogen) atoms. The molecule has 0 saturated carbocycles. The second-order valence-corrected chi connectivity index (χ2v) is 2.88. The van der Waals surface area contributed by atoms with Gasteiger partial charge in [-0.15, -0.1) is 0 Å². The number of nitrogens with one attached hydrogen (secondary N) is 1. The molecule has 0 radical (unpaired) electrons. The van der Waals surface area contributed by atoms with Gasteiger partial charge in [-0.3, -0.25) is 4.79 Å². The van der Waals surface area contributed by atoms with Gasteiger partial charge in [0.1, 0.15) is 0 Å². The quantitative estimate of drug-likeness (QED) is 0.646. The highest BCUT2D eigenvalue weighted by atomic mass is 16.5. The Morgan fingerprint density at radius 1 is 1.58 bits per heavy atom. The lowest BCUT2D eigenvalue weighted by atomic mass is 10.1. The predicted octanol–water partition coefficient (Wildman–Crippen LogP) is 1.19. The maximum absolute atomic E-state index is 10.8. The van der Waals surface area contributed by atoms with Gasteiger partial charge < -0.3 is 10.1 Å². The summed E-state index contributed by atoms with van der Waals surface area (Å²) in [5.74, 6) is 0.211. The van der Waals surface area contributed by atoms with Crippen LogP contribution >= 0.6 is 0 Å². The van der Waals surface area contributed by atoms with Crippen molar-refractivity contribution in [2.45, 2.75) is 26.7 Å². The Balaban J connectivity index is 0.000000354. The summed E-state index contributed by atoms with van der Waals surface area (Å²) in [4.78, 5) is 10.8. The third kappa shape index (κ3) is 4.34. The predicted molar refractivity (Wildman–Crippen MR) is 49.0 cm³/mol. The molecule has 0 spiro atoms. The Kier molecular flexibility index (Phi) is 6.76. The van der Waals surface area contributed by atoms with Crippen LogP contribution in [0, 0.1) is 5.92 Å². The molecule has 1 unspecified atom stereocenters. The summed E-state index contributed by atoms with van der Waals surface area (Å²) in [5, 5.41) is 2.59. The van der Waals surface area contributed by atoms with Gasteiger partial charge in [0.15, 0.2) is 0 Å². The van der Waals surface area contributed by atoms with Crippen molar-refractivity contribution >= 4 is 5.91 Å². The van der Waals surface area contributed by atoms with Crippen LogP contribution in [0.1, 0.15) is 26.7 Å². The molecule has 0 aliphatic carbocycles. The number of ether oxygens (including phenoxy) is 1. The van der Waals surface area contributed by atoms with Gasteiger partial charge in [-0.25, -0.2) is 0 Å². The SMILES string of the molecule is CCC.CNC(=O)C1CCOC1. The third-order valence-electron chi connectivity index (χ3n) is 1.55. The van der Waals surface area contributed by atoms with E-state index < -0.39 is 0 Å². The highest BCUT2D eigenvalue weighted by Gasteiger charge is 2.21. The first-order chi connectivity index (χ1) is 5.76. The number of hydrogen-bond donors (Lipinski definition) is 1. The van der Waals surface area contributed by atoms with Gasteiger partial charge in [0.05, 0.1) is 12.5 Å². The summed E-state index contributed by atoms with van der Waals surface area (Å²) in [6.45, 7) is 5.58. The fourth-order valence-corrected chi connectivity index (χ4v) is 0.945. The van der Waals surface area contributed by atoms with E-state index in [2.05, 4.69) is 19.2 Å². The lowest BCUT2D eigenvalue weighted by molar-refractivity contribution is -0.124. The van der Waals surface area contributed by atoms with Crippen LogP contribution in [0.5, 0.6) is 0 Å². The van der Waals surface area contributed by atoms with Crippen molar-refractivity contribution in [2.75, 3.05) is 20.3 Å². The van der Waals surface area contributed by atoms with Crippen LogP contribution in [0.3, 0.4) is 0 Å². The molecule has 1 amide bonds. The van der Waals surface area contributed by atoms with E-state index >= 15 is 0 Å². The molecular weight excluding hydrogens is 154 g/mol. The zero-order valence-electron chi connectivity index (χ0n) is 8.22. The van der Waals surface area contributed by atoms with Crippen LogP contribution in [0.4, 0.5) is 0 Å². The molecule has 1 aliphatic heterocycles. The Morgan fingerprint density at radius 3 is 2.50 bits per heavy atom. The van der Waals surface area contributed by atoms with Gasteiger partial charge in [-0.2, -0.15) is 0 Å². The zero-order chi connectivity index (χ0) is 9.40. The molecule has 0 aromatic heterocycles. The van der Waals surface area contributed by atoms with Crippen molar-refractivity contribution in [2.24, 2.45) is 5.92 Å². The molecule has 1 heterocycles. The summed E-state index contributed by atoms with van der Waals surface area (Å²) < 4.78 is 5.02. The van der Waals surface area contributed by atoms with E-state index in [4.69, 9.17) is 4.74 Å². The topological polar surface area (TPSA) is 38.3 Å². The highest BCUT2D eigenvalue weighted by Crippen LogP contribution is 2.11. The van der Waals surface area contributed by atoms with Crippen molar-refractivity contribution < 1.29 is 9.53 Å². The standard InChI is InChI=1S/C6H11NO2.C3H8/c1-7-6(8)5-2-3-9-4-5;1-3-2/h5H,2-4H2,1H3,(H,7,8);3H2,1-2H3. The number of amides is 1. The lowest BCUT2D eigenvalue weighted by Gasteiger charge is -2.02. The van der Waals surface area contributed by atoms with Crippen LogP contribution in [-0.2, 0) is 9.53 Å². The molecule has 1 atom stereocenters. The second-order valence-electron chi connectivity index (χ2n) is 2.88. The second kappa shape index (κ2) is 7.10. The molecular formula is C9H19NO2. The molecule has 1 N–H and O–H groups in total. The van der Waals surface area contributed by atoms with Crippen molar-refractivity contribution in [1.29, 1.82) is 0 Å². The summed E-state index contributed by atoms with van der Waals surface area (Å²) in [6.07, 6.45) is 2.12. The van der Waals surface area contributed by atoms with Gasteiger partial charge in [0.25, 0.3) is 0 Å². The van der Waals surface area contributed by atoms with Crippen LogP contribution in [0.15, 0.2) is 0 Å². The summed E-state index contributed by atoms with van der Waals surface area (Å²) in [6, 6.07) is 0. The Morgan fingerprint density at radius 2 is 2.17 bits per heavy atom. The minimum Gasteiger partial charge on any atom is -0.381 e. The number of carbonyl (C=O) groups excluding carboxylic acids is 1. The minimum absolute atomic E-state index is 0.104. The van der Waals surface area contributed by atoms with E-state index in [1.54, 1.807) is 7.05 Å². The molecule has 0 aromatic carbocycles. The molecule has 0 aromatic rings. The van der Waals surface area contributed by atoms with E-state index in [1.165, 1.54) is 6.42 Å². The van der Waals surface area contributed by atoms with Crippen LogP contribution in [-0.4, -0.2) is 26.2 Å². The van der Waals surface area contributed by atoms with E-state index in [0.717, 1.165) is 13.0 Å². The van der Waals surface area contributed by atoms with Gasteiger partial charge in [-0.05, 0) is 6.42 Å². The smallest absolute Gasteiger partial charge is 0.225 e. The number of carbonyl (C=O) groups is 1. The van der Waals surface area contributed by atoms with Gasteiger partial charge in [0.2, 0.25) is 5.91 Å². The maximum Gasteiger partial charge on any atom is 0.225 e. The summed E-state index contributed by atoms with van der Waals surface area (Å²) in [5.41, 5.74) is 0. The van der Waals surface area contributed by atoms with Gasteiger partial charge in [-0.1, -0.05) is 20.3 Å². The van der Waals surface area contributed by atoms with Crippen molar-refractivity contribution in [3.63, 3.8) is 0 Å². The van der Waals surface area contributed by atoms with Crippen LogP contribution in [0.2, 0.25) is 0 Å². The first-order valence-electron chi connectivity index (χ1n) is 4.55. The fraction of sp³-hybridized carbons (Fsp3) is 0.889. The van der Waals surface area contributed by atoms with E-state index in [9.17, 15) is 4.79 Å². The first-order valence-corrected chi connectivity index (χ1v) is 4.55. The molecule has 1 saturated heterocycles. The highest BCUT2D eigenvalue weighted by molar-refractivity contribution is 5.78. The summed E-state index contributed by atoms with van der Waals surface area (Å²) in [7, 11) is 1.65. The van der Waals surface area contributed by atoms with Crippen molar-refractivity contribution in [3.8, 4) is 0 Å². The summed E-state index contributed by atoms with van der Waals surface area (Å²) >= 11 is 0. The lowest BCUT2D eigenvalue weighted by Crippen LogP contribution is -2.27. The molecule has 1 rings (SSSR count). The van der Waals surface area contributed by atoms with Gasteiger partial charge in [0, 0.05) is 13.7 Å². The fourth-order valence-electron chi connectivity index (χ4n) is 0.945. The number of hydrogen-bond acceptors (Lipinski definition) is 2. The Hall–Kier alpha value is -0.570. The molecule has 3 heteroatoms. The van der Waals surface area contributed by atoms with E-state index in [1.807, 2.05) is 0 Å². The van der Waals surface area contributed by atoms with Crippen LogP contribution < -0.4 is 5.32 Å². The molecule has 0 bridgehead atoms. The first kappa shape index (κ1) is 11.4. The van der Waals surface area contributed by atoms with Crippen molar-refractivity contribution in [3.05, 3.63) is 0 Å². The average molecular weight is 173 g/mol. The van der Waals surface area contributed by atoms with E-state index in [0.29, 0.717) is 6.61 Å². The minimum atomic E-state index is 0.104. The third-order valence-corrected chi connectivity index (χ3v) is 1.55. The largest absolute Gasteiger partial charge is 0.381 e. The zero-order valence-corrected chi connectivity index (χ0v) is 8.22. The molecule has 1 fully saturated rings. The van der Waals surface area contributed by atoms with Crippen LogP contribution in [0.25, 0.3) is 0 Å². The maximum atomic E-state index is 10.8. The molecule has 72 valence electrons. The monoisotopic (exact) mass is 173 g/mol. The normalized spacial score (nSPS) is 21.1. The Labute approximate surface area is 74.5 Å². The van der Waals surface area contributed by atoms with Crippen molar-refractivity contribution in [1.82, 2.24) is 5.32 Å². The Bertz CT molecular complexity index is 120. The van der Waals surface area contributed by atoms with E-state index in [-0.39, 0.29) is 11.8 Å². The number of rotatable bonds is 1.